The van der Waals surface area contributed by atoms with Crippen molar-refractivity contribution >= 4 is 11.9 Å². The number of aliphatic imine (C=N–C) groups is 1. The Hall–Kier alpha value is -1.26. The molecular formula is C17H36N4O. The molecule has 0 rings (SSSR count). The Labute approximate surface area is 136 Å². The molecule has 5 nitrogen and oxygen atoms in total. The maximum absolute atomic E-state index is 11.7. The van der Waals surface area contributed by atoms with Gasteiger partial charge in [-0.1, -0.05) is 33.6 Å². The average Bonchev–Trinajstić information content (AvgIpc) is 2.45. The number of guanidine groups is 1. The van der Waals surface area contributed by atoms with E-state index in [2.05, 4.69) is 48.6 Å². The zero-order valence-corrected chi connectivity index (χ0v) is 15.3. The maximum atomic E-state index is 11.7. The molecule has 1 amide bonds. The van der Waals surface area contributed by atoms with Crippen LogP contribution >= 0.6 is 0 Å². The minimum absolute atomic E-state index is 0.0854. The molecule has 0 bridgehead atoms. The summed E-state index contributed by atoms with van der Waals surface area (Å²) in [5.41, 5.74) is 0. The molecule has 0 spiro atoms. The first-order valence-electron chi connectivity index (χ1n) is 8.65. The Bertz CT molecular complexity index is 329. The molecule has 5 heteroatoms. The molecule has 0 fully saturated rings. The number of nitrogens with zero attached hydrogens (tertiary/aromatic N) is 1. The standard InChI is InChI=1S/C17H36N4O/c1-7-14(4)20-16(22)11-12-19-17(18-6)21-15(5)10-8-9-13(2)3/h13-15H,7-12H2,1-6H3,(H,20,22)(H2,18,19,21). The van der Waals surface area contributed by atoms with Crippen molar-refractivity contribution in [3.05, 3.63) is 0 Å². The number of nitrogens with one attached hydrogen (secondary N) is 3. The first-order chi connectivity index (χ1) is 10.4. The summed E-state index contributed by atoms with van der Waals surface area (Å²) in [6.07, 6.45) is 5.03. The third-order valence-electron chi connectivity index (χ3n) is 3.69. The molecule has 0 aromatic carbocycles. The van der Waals surface area contributed by atoms with Gasteiger partial charge in [-0.2, -0.15) is 0 Å². The lowest BCUT2D eigenvalue weighted by molar-refractivity contribution is -0.121. The summed E-state index contributed by atoms with van der Waals surface area (Å²) in [7, 11) is 1.76. The van der Waals surface area contributed by atoms with Gasteiger partial charge in [-0.15, -0.1) is 0 Å². The molecule has 0 aliphatic carbocycles. The third kappa shape index (κ3) is 11.4. The summed E-state index contributed by atoms with van der Waals surface area (Å²) < 4.78 is 0. The number of hydrogen-bond donors (Lipinski definition) is 3. The highest BCUT2D eigenvalue weighted by molar-refractivity contribution is 5.81. The van der Waals surface area contributed by atoms with Crippen molar-refractivity contribution in [1.29, 1.82) is 0 Å². The van der Waals surface area contributed by atoms with Gasteiger partial charge >= 0.3 is 0 Å². The minimum atomic E-state index is 0.0854. The van der Waals surface area contributed by atoms with Crippen molar-refractivity contribution < 1.29 is 4.79 Å². The van der Waals surface area contributed by atoms with Crippen LogP contribution in [0.2, 0.25) is 0 Å². The highest BCUT2D eigenvalue weighted by Gasteiger charge is 2.08. The van der Waals surface area contributed by atoms with Crippen LogP contribution < -0.4 is 16.0 Å². The quantitative estimate of drug-likeness (QED) is 0.429. The van der Waals surface area contributed by atoms with Crippen LogP contribution in [0.1, 0.15) is 66.7 Å². The Kier molecular flexibility index (Phi) is 11.6. The molecule has 0 saturated carbocycles. The molecule has 22 heavy (non-hydrogen) atoms. The Morgan fingerprint density at radius 1 is 1.05 bits per heavy atom. The van der Waals surface area contributed by atoms with E-state index >= 15 is 0 Å². The summed E-state index contributed by atoms with van der Waals surface area (Å²) in [5, 5.41) is 9.53. The van der Waals surface area contributed by atoms with Gasteiger partial charge in [0.15, 0.2) is 5.96 Å². The number of carbonyl (C=O) groups excluding carboxylic acids is 1. The number of amides is 1. The van der Waals surface area contributed by atoms with Gasteiger partial charge in [0.2, 0.25) is 5.91 Å². The topological polar surface area (TPSA) is 65.5 Å². The van der Waals surface area contributed by atoms with Crippen LogP contribution in [0.25, 0.3) is 0 Å². The van der Waals surface area contributed by atoms with E-state index in [9.17, 15) is 4.79 Å². The van der Waals surface area contributed by atoms with Crippen LogP contribution in [-0.4, -0.2) is 37.5 Å². The lowest BCUT2D eigenvalue weighted by Gasteiger charge is -2.18. The van der Waals surface area contributed by atoms with Crippen molar-refractivity contribution in [3.63, 3.8) is 0 Å². The molecule has 0 radical (unpaired) electrons. The minimum Gasteiger partial charge on any atom is -0.356 e. The van der Waals surface area contributed by atoms with Gasteiger partial charge in [0.1, 0.15) is 0 Å². The van der Waals surface area contributed by atoms with Crippen LogP contribution in [0.15, 0.2) is 4.99 Å². The molecule has 3 N–H and O–H groups in total. The highest BCUT2D eigenvalue weighted by Crippen LogP contribution is 2.08. The van der Waals surface area contributed by atoms with Crippen molar-refractivity contribution in [3.8, 4) is 0 Å². The molecule has 0 aromatic rings. The van der Waals surface area contributed by atoms with Crippen molar-refractivity contribution in [1.82, 2.24) is 16.0 Å². The van der Waals surface area contributed by atoms with Gasteiger partial charge in [0.25, 0.3) is 0 Å². The number of carbonyl (C=O) groups is 1. The van der Waals surface area contributed by atoms with Gasteiger partial charge in [-0.25, -0.2) is 0 Å². The van der Waals surface area contributed by atoms with E-state index in [1.807, 2.05) is 6.92 Å². The van der Waals surface area contributed by atoms with Crippen molar-refractivity contribution in [2.24, 2.45) is 10.9 Å². The fourth-order valence-corrected chi connectivity index (χ4v) is 2.08. The largest absolute Gasteiger partial charge is 0.356 e. The van der Waals surface area contributed by atoms with E-state index in [1.54, 1.807) is 7.05 Å². The fourth-order valence-electron chi connectivity index (χ4n) is 2.08. The van der Waals surface area contributed by atoms with Crippen LogP contribution in [-0.2, 0) is 4.79 Å². The molecule has 0 saturated heterocycles. The third-order valence-corrected chi connectivity index (χ3v) is 3.69. The van der Waals surface area contributed by atoms with E-state index in [4.69, 9.17) is 0 Å². The second-order valence-electron chi connectivity index (χ2n) is 6.50. The predicted molar refractivity (Wildman–Crippen MR) is 95.2 cm³/mol. The van der Waals surface area contributed by atoms with E-state index < -0.39 is 0 Å². The molecule has 0 aliphatic rings. The molecule has 2 unspecified atom stereocenters. The van der Waals surface area contributed by atoms with Gasteiger partial charge in [-0.05, 0) is 32.6 Å². The van der Waals surface area contributed by atoms with Crippen LogP contribution in [0.5, 0.6) is 0 Å². The summed E-state index contributed by atoms with van der Waals surface area (Å²) in [5.74, 6) is 1.62. The maximum Gasteiger partial charge on any atom is 0.221 e. The fraction of sp³-hybridized carbons (Fsp3) is 0.882. The van der Waals surface area contributed by atoms with E-state index in [-0.39, 0.29) is 11.9 Å². The highest BCUT2D eigenvalue weighted by atomic mass is 16.1. The first-order valence-corrected chi connectivity index (χ1v) is 8.65. The van der Waals surface area contributed by atoms with Crippen molar-refractivity contribution in [2.75, 3.05) is 13.6 Å². The van der Waals surface area contributed by atoms with Gasteiger partial charge in [-0.3, -0.25) is 9.79 Å². The second kappa shape index (κ2) is 12.3. The molecular weight excluding hydrogens is 276 g/mol. The monoisotopic (exact) mass is 312 g/mol. The first kappa shape index (κ1) is 20.7. The number of rotatable bonds is 10. The van der Waals surface area contributed by atoms with Crippen LogP contribution in [0.3, 0.4) is 0 Å². The summed E-state index contributed by atoms with van der Waals surface area (Å²) >= 11 is 0. The Morgan fingerprint density at radius 2 is 1.73 bits per heavy atom. The zero-order chi connectivity index (χ0) is 17.0. The molecule has 0 aromatic heterocycles. The zero-order valence-electron chi connectivity index (χ0n) is 15.3. The van der Waals surface area contributed by atoms with E-state index in [1.165, 1.54) is 12.8 Å². The van der Waals surface area contributed by atoms with E-state index in [0.717, 1.165) is 24.7 Å². The predicted octanol–water partition coefficient (Wildman–Crippen LogP) is 2.67. The average molecular weight is 313 g/mol. The Morgan fingerprint density at radius 3 is 2.27 bits per heavy atom. The Balaban J connectivity index is 3.90. The van der Waals surface area contributed by atoms with Crippen LogP contribution in [0, 0.1) is 5.92 Å². The summed E-state index contributed by atoms with van der Waals surface area (Å²) in [6, 6.07) is 0.629. The molecule has 130 valence electrons. The SMILES string of the molecule is CCC(C)NC(=O)CCNC(=NC)NC(C)CCCC(C)C. The molecule has 2 atom stereocenters. The molecule has 0 heterocycles. The van der Waals surface area contributed by atoms with Crippen molar-refractivity contribution in [2.45, 2.75) is 78.8 Å². The lowest BCUT2D eigenvalue weighted by Crippen LogP contribution is -2.43. The smallest absolute Gasteiger partial charge is 0.221 e. The summed E-state index contributed by atoms with van der Waals surface area (Å²) in [6.45, 7) is 11.4. The van der Waals surface area contributed by atoms with Gasteiger partial charge in [0, 0.05) is 32.1 Å². The lowest BCUT2D eigenvalue weighted by atomic mass is 10.0. The van der Waals surface area contributed by atoms with Crippen LogP contribution in [0.4, 0.5) is 0 Å². The number of hydrogen-bond acceptors (Lipinski definition) is 2. The summed E-state index contributed by atoms with van der Waals surface area (Å²) in [4.78, 5) is 15.9. The normalized spacial score (nSPS) is 14.6. The van der Waals surface area contributed by atoms with E-state index in [0.29, 0.717) is 19.0 Å². The second-order valence-corrected chi connectivity index (χ2v) is 6.50. The van der Waals surface area contributed by atoms with Gasteiger partial charge < -0.3 is 16.0 Å². The molecule has 0 aliphatic heterocycles. The van der Waals surface area contributed by atoms with Gasteiger partial charge in [0.05, 0.1) is 0 Å².